The van der Waals surface area contributed by atoms with Gasteiger partial charge in [-0.2, -0.15) is 0 Å². The highest BCUT2D eigenvalue weighted by atomic mass is 16.5. The third kappa shape index (κ3) is 5.73. The second-order valence-corrected chi connectivity index (χ2v) is 6.29. The molecular weight excluding hydrogens is 322 g/mol. The molecule has 3 rings (SSSR count). The Morgan fingerprint density at radius 1 is 0.769 bits per heavy atom. The van der Waals surface area contributed by atoms with Gasteiger partial charge in [-0.05, 0) is 41.8 Å². The average molecular weight is 347 g/mol. The molecule has 0 bridgehead atoms. The van der Waals surface area contributed by atoms with Gasteiger partial charge in [0.05, 0.1) is 0 Å². The molecule has 3 heteroatoms. The van der Waals surface area contributed by atoms with Crippen LogP contribution in [0.2, 0.25) is 0 Å². The molecule has 0 saturated heterocycles. The Morgan fingerprint density at radius 3 is 2.12 bits per heavy atom. The maximum absolute atomic E-state index is 10.1. The van der Waals surface area contributed by atoms with Crippen molar-refractivity contribution in [3.8, 4) is 5.75 Å². The molecule has 0 unspecified atom stereocenters. The summed E-state index contributed by atoms with van der Waals surface area (Å²) in [6, 6.07) is 28.1. The normalized spacial score (nSPS) is 11.9. The van der Waals surface area contributed by atoms with Gasteiger partial charge in [0.1, 0.15) is 18.5 Å². The van der Waals surface area contributed by atoms with Crippen LogP contribution >= 0.6 is 0 Å². The molecule has 0 aliphatic heterocycles. The van der Waals surface area contributed by atoms with Crippen molar-refractivity contribution in [2.75, 3.05) is 13.2 Å². The van der Waals surface area contributed by atoms with Crippen molar-refractivity contribution in [3.05, 3.63) is 102 Å². The summed E-state index contributed by atoms with van der Waals surface area (Å²) >= 11 is 0. The maximum Gasteiger partial charge on any atom is 0.119 e. The SMILES string of the molecule is O[C@H](COc1ccc(CNCCc2ccccc2)cc1)c1ccccc1. The third-order valence-corrected chi connectivity index (χ3v) is 4.28. The molecule has 0 heterocycles. The summed E-state index contributed by atoms with van der Waals surface area (Å²) in [5.74, 6) is 0.771. The zero-order valence-electron chi connectivity index (χ0n) is 14.8. The molecule has 3 aromatic rings. The Labute approximate surface area is 155 Å². The van der Waals surface area contributed by atoms with Gasteiger partial charge in [-0.25, -0.2) is 0 Å². The van der Waals surface area contributed by atoms with E-state index in [0.29, 0.717) is 0 Å². The molecular formula is C23H25NO2. The van der Waals surface area contributed by atoms with E-state index in [1.807, 2.05) is 48.5 Å². The van der Waals surface area contributed by atoms with E-state index in [2.05, 4.69) is 41.7 Å². The van der Waals surface area contributed by atoms with Gasteiger partial charge in [-0.1, -0.05) is 72.8 Å². The van der Waals surface area contributed by atoms with E-state index < -0.39 is 6.10 Å². The summed E-state index contributed by atoms with van der Waals surface area (Å²) in [5.41, 5.74) is 3.43. The first-order chi connectivity index (χ1) is 12.8. The quantitative estimate of drug-likeness (QED) is 0.572. The first-order valence-electron chi connectivity index (χ1n) is 9.00. The van der Waals surface area contributed by atoms with Gasteiger partial charge in [-0.15, -0.1) is 0 Å². The average Bonchev–Trinajstić information content (AvgIpc) is 2.72. The summed E-state index contributed by atoms with van der Waals surface area (Å²) in [6.07, 6.45) is 0.412. The first-order valence-corrected chi connectivity index (χ1v) is 9.00. The summed E-state index contributed by atoms with van der Waals surface area (Å²) < 4.78 is 5.69. The largest absolute Gasteiger partial charge is 0.491 e. The summed E-state index contributed by atoms with van der Waals surface area (Å²) in [4.78, 5) is 0. The number of hydrogen-bond donors (Lipinski definition) is 2. The predicted molar refractivity (Wildman–Crippen MR) is 105 cm³/mol. The molecule has 0 fully saturated rings. The van der Waals surface area contributed by atoms with Gasteiger partial charge >= 0.3 is 0 Å². The lowest BCUT2D eigenvalue weighted by Gasteiger charge is -2.13. The fourth-order valence-corrected chi connectivity index (χ4v) is 2.76. The van der Waals surface area contributed by atoms with Crippen molar-refractivity contribution in [3.63, 3.8) is 0 Å². The van der Waals surface area contributed by atoms with Crippen LogP contribution in [-0.4, -0.2) is 18.3 Å². The lowest BCUT2D eigenvalue weighted by molar-refractivity contribution is 0.108. The number of hydrogen-bond acceptors (Lipinski definition) is 3. The van der Waals surface area contributed by atoms with Crippen molar-refractivity contribution in [2.45, 2.75) is 19.1 Å². The topological polar surface area (TPSA) is 41.5 Å². The number of ether oxygens (including phenoxy) is 1. The number of aliphatic hydroxyl groups is 1. The zero-order valence-corrected chi connectivity index (χ0v) is 14.8. The highest BCUT2D eigenvalue weighted by Gasteiger charge is 2.07. The lowest BCUT2D eigenvalue weighted by atomic mass is 10.1. The minimum atomic E-state index is -0.615. The lowest BCUT2D eigenvalue weighted by Crippen LogP contribution is -2.16. The van der Waals surface area contributed by atoms with E-state index in [0.717, 1.165) is 30.8 Å². The zero-order chi connectivity index (χ0) is 18.0. The molecule has 1 atom stereocenters. The second kappa shape index (κ2) is 9.76. The maximum atomic E-state index is 10.1. The van der Waals surface area contributed by atoms with Gasteiger partial charge in [0.2, 0.25) is 0 Å². The van der Waals surface area contributed by atoms with E-state index in [4.69, 9.17) is 4.74 Å². The molecule has 134 valence electrons. The van der Waals surface area contributed by atoms with Crippen LogP contribution in [0.25, 0.3) is 0 Å². The summed E-state index contributed by atoms with van der Waals surface area (Å²) in [5, 5.41) is 13.6. The molecule has 3 aromatic carbocycles. The molecule has 0 aromatic heterocycles. The van der Waals surface area contributed by atoms with E-state index in [1.165, 1.54) is 11.1 Å². The van der Waals surface area contributed by atoms with Crippen LogP contribution in [0.1, 0.15) is 22.8 Å². The summed E-state index contributed by atoms with van der Waals surface area (Å²) in [6.45, 7) is 2.03. The van der Waals surface area contributed by atoms with Crippen molar-refractivity contribution in [2.24, 2.45) is 0 Å². The third-order valence-electron chi connectivity index (χ3n) is 4.28. The van der Waals surface area contributed by atoms with Gasteiger partial charge in [0, 0.05) is 6.54 Å². The van der Waals surface area contributed by atoms with Crippen LogP contribution < -0.4 is 10.1 Å². The minimum Gasteiger partial charge on any atom is -0.491 e. The van der Waals surface area contributed by atoms with Crippen LogP contribution in [0.4, 0.5) is 0 Å². The van der Waals surface area contributed by atoms with Crippen LogP contribution in [0.5, 0.6) is 5.75 Å². The van der Waals surface area contributed by atoms with Gasteiger partial charge < -0.3 is 15.2 Å². The Balaban J connectivity index is 1.39. The highest BCUT2D eigenvalue weighted by Crippen LogP contribution is 2.17. The van der Waals surface area contributed by atoms with Gasteiger partial charge in [0.25, 0.3) is 0 Å². The fourth-order valence-electron chi connectivity index (χ4n) is 2.76. The molecule has 0 aliphatic rings. The Hall–Kier alpha value is -2.62. The molecule has 0 amide bonds. The Kier molecular flexibility index (Phi) is 6.82. The van der Waals surface area contributed by atoms with Crippen molar-refractivity contribution >= 4 is 0 Å². The number of aliphatic hydroxyl groups excluding tert-OH is 1. The summed E-state index contributed by atoms with van der Waals surface area (Å²) in [7, 11) is 0. The standard InChI is InChI=1S/C23H25NO2/c25-23(21-9-5-2-6-10-21)18-26-22-13-11-20(12-14-22)17-24-16-15-19-7-3-1-4-8-19/h1-14,23-25H,15-18H2/t23-/m1/s1. The second-order valence-electron chi connectivity index (χ2n) is 6.29. The minimum absolute atomic E-state index is 0.249. The van der Waals surface area contributed by atoms with Crippen molar-refractivity contribution in [1.29, 1.82) is 0 Å². The Bertz CT molecular complexity index is 757. The van der Waals surface area contributed by atoms with E-state index in [-0.39, 0.29) is 6.61 Å². The van der Waals surface area contributed by atoms with Gasteiger partial charge in [0.15, 0.2) is 0 Å². The van der Waals surface area contributed by atoms with E-state index >= 15 is 0 Å². The molecule has 2 N–H and O–H groups in total. The smallest absolute Gasteiger partial charge is 0.119 e. The van der Waals surface area contributed by atoms with Crippen molar-refractivity contribution < 1.29 is 9.84 Å². The van der Waals surface area contributed by atoms with Crippen molar-refractivity contribution in [1.82, 2.24) is 5.32 Å². The number of nitrogens with one attached hydrogen (secondary N) is 1. The number of rotatable bonds is 9. The highest BCUT2D eigenvalue weighted by molar-refractivity contribution is 5.27. The van der Waals surface area contributed by atoms with Crippen LogP contribution in [0.15, 0.2) is 84.9 Å². The predicted octanol–water partition coefficient (Wildman–Crippen LogP) is 4.13. The molecule has 0 spiro atoms. The molecule has 26 heavy (non-hydrogen) atoms. The molecule has 0 saturated carbocycles. The van der Waals surface area contributed by atoms with E-state index in [1.54, 1.807) is 0 Å². The van der Waals surface area contributed by atoms with Crippen LogP contribution in [0.3, 0.4) is 0 Å². The monoisotopic (exact) mass is 347 g/mol. The first kappa shape index (κ1) is 18.2. The fraction of sp³-hybridized carbons (Fsp3) is 0.217. The molecule has 0 radical (unpaired) electrons. The van der Waals surface area contributed by atoms with Crippen LogP contribution in [0, 0.1) is 0 Å². The van der Waals surface area contributed by atoms with E-state index in [9.17, 15) is 5.11 Å². The number of benzene rings is 3. The molecule has 0 aliphatic carbocycles. The van der Waals surface area contributed by atoms with Gasteiger partial charge in [-0.3, -0.25) is 0 Å². The van der Waals surface area contributed by atoms with Crippen LogP contribution in [-0.2, 0) is 13.0 Å². The molecule has 3 nitrogen and oxygen atoms in total. The Morgan fingerprint density at radius 2 is 1.42 bits per heavy atom.